The Morgan fingerprint density at radius 1 is 1.37 bits per heavy atom. The van der Waals surface area contributed by atoms with Gasteiger partial charge in [-0.25, -0.2) is 0 Å². The lowest BCUT2D eigenvalue weighted by molar-refractivity contribution is 0.0362. The predicted molar refractivity (Wildman–Crippen MR) is 66.2 cm³/mol. The van der Waals surface area contributed by atoms with E-state index in [0.717, 1.165) is 5.56 Å². The van der Waals surface area contributed by atoms with Crippen LogP contribution < -0.4 is 0 Å². The standard InChI is InChI=1S/C13H13N3O3/c17-7-9-5-16(6-9)13(18)11-3-1-10(2-4-11)12-15-14-8-19-12/h1-4,8-9,17H,5-7H2. The summed E-state index contributed by atoms with van der Waals surface area (Å²) in [4.78, 5) is 13.8. The average Bonchev–Trinajstić information content (AvgIpc) is 2.91. The van der Waals surface area contributed by atoms with Gasteiger partial charge in [0.05, 0.1) is 0 Å². The van der Waals surface area contributed by atoms with E-state index in [9.17, 15) is 4.79 Å². The molecule has 3 rings (SSSR count). The normalized spacial score (nSPS) is 15.3. The van der Waals surface area contributed by atoms with E-state index in [-0.39, 0.29) is 18.4 Å². The molecule has 98 valence electrons. The highest BCUT2D eigenvalue weighted by Crippen LogP contribution is 2.21. The fourth-order valence-electron chi connectivity index (χ4n) is 2.09. The highest BCUT2D eigenvalue weighted by atomic mass is 16.4. The zero-order chi connectivity index (χ0) is 13.2. The Labute approximate surface area is 109 Å². The van der Waals surface area contributed by atoms with Crippen LogP contribution in [0.1, 0.15) is 10.4 Å². The Balaban J connectivity index is 1.71. The lowest BCUT2D eigenvalue weighted by Crippen LogP contribution is -2.51. The van der Waals surface area contributed by atoms with Crippen LogP contribution in [0, 0.1) is 5.92 Å². The first kappa shape index (κ1) is 11.9. The van der Waals surface area contributed by atoms with E-state index in [0.29, 0.717) is 24.5 Å². The van der Waals surface area contributed by atoms with Crippen LogP contribution in [-0.4, -0.2) is 45.8 Å². The molecule has 1 N–H and O–H groups in total. The molecule has 0 saturated carbocycles. The lowest BCUT2D eigenvalue weighted by Gasteiger charge is -2.38. The van der Waals surface area contributed by atoms with Crippen LogP contribution in [0.3, 0.4) is 0 Å². The molecule has 0 spiro atoms. The number of benzene rings is 1. The predicted octanol–water partition coefficient (Wildman–Crippen LogP) is 0.801. The molecule has 2 heterocycles. The Morgan fingerprint density at radius 3 is 2.68 bits per heavy atom. The first-order valence-corrected chi connectivity index (χ1v) is 6.04. The van der Waals surface area contributed by atoms with E-state index in [1.165, 1.54) is 6.39 Å². The third-order valence-corrected chi connectivity index (χ3v) is 3.24. The molecule has 6 nitrogen and oxygen atoms in total. The van der Waals surface area contributed by atoms with Crippen LogP contribution in [0.15, 0.2) is 35.1 Å². The van der Waals surface area contributed by atoms with E-state index in [2.05, 4.69) is 10.2 Å². The largest absolute Gasteiger partial charge is 0.423 e. The molecule has 1 aromatic carbocycles. The maximum atomic E-state index is 12.1. The zero-order valence-electron chi connectivity index (χ0n) is 10.2. The molecule has 0 radical (unpaired) electrons. The molecule has 0 unspecified atom stereocenters. The van der Waals surface area contributed by atoms with E-state index < -0.39 is 0 Å². The first-order chi connectivity index (χ1) is 9.28. The van der Waals surface area contributed by atoms with Crippen LogP contribution in [0.25, 0.3) is 11.5 Å². The zero-order valence-corrected chi connectivity index (χ0v) is 10.2. The van der Waals surface area contributed by atoms with Crippen molar-refractivity contribution < 1.29 is 14.3 Å². The van der Waals surface area contributed by atoms with Gasteiger partial charge in [-0.2, -0.15) is 0 Å². The minimum absolute atomic E-state index is 0.0122. The van der Waals surface area contributed by atoms with Crippen LogP contribution in [-0.2, 0) is 0 Å². The van der Waals surface area contributed by atoms with Gasteiger partial charge in [-0.1, -0.05) is 0 Å². The number of aliphatic hydroxyl groups excluding tert-OH is 1. The van der Waals surface area contributed by atoms with Crippen molar-refractivity contribution in [2.75, 3.05) is 19.7 Å². The van der Waals surface area contributed by atoms with Gasteiger partial charge < -0.3 is 14.4 Å². The quantitative estimate of drug-likeness (QED) is 0.882. The number of hydrogen-bond acceptors (Lipinski definition) is 5. The number of carbonyl (C=O) groups excluding carboxylic acids is 1. The summed E-state index contributed by atoms with van der Waals surface area (Å²) in [7, 11) is 0. The molecule has 1 aliphatic heterocycles. The summed E-state index contributed by atoms with van der Waals surface area (Å²) < 4.78 is 5.08. The summed E-state index contributed by atoms with van der Waals surface area (Å²) in [5, 5.41) is 16.4. The van der Waals surface area contributed by atoms with Gasteiger partial charge in [0, 0.05) is 36.7 Å². The second-order valence-electron chi connectivity index (χ2n) is 4.58. The van der Waals surface area contributed by atoms with Gasteiger partial charge >= 0.3 is 0 Å². The summed E-state index contributed by atoms with van der Waals surface area (Å²) >= 11 is 0. The number of nitrogens with zero attached hydrogens (tertiary/aromatic N) is 3. The highest BCUT2D eigenvalue weighted by molar-refractivity contribution is 5.95. The van der Waals surface area contributed by atoms with Crippen molar-refractivity contribution in [2.24, 2.45) is 5.92 Å². The summed E-state index contributed by atoms with van der Waals surface area (Å²) in [6.45, 7) is 1.39. The summed E-state index contributed by atoms with van der Waals surface area (Å²) in [6.07, 6.45) is 1.27. The Kier molecular flexibility index (Phi) is 3.00. The summed E-state index contributed by atoms with van der Waals surface area (Å²) in [5.74, 6) is 0.645. The van der Waals surface area contributed by atoms with Crippen molar-refractivity contribution in [2.45, 2.75) is 0 Å². The van der Waals surface area contributed by atoms with Crippen molar-refractivity contribution in [3.8, 4) is 11.5 Å². The molecule has 0 aliphatic carbocycles. The summed E-state index contributed by atoms with van der Waals surface area (Å²) in [6, 6.07) is 7.05. The van der Waals surface area contributed by atoms with Crippen molar-refractivity contribution in [1.29, 1.82) is 0 Å². The van der Waals surface area contributed by atoms with Crippen LogP contribution >= 0.6 is 0 Å². The molecule has 1 fully saturated rings. The Bertz CT molecular complexity index is 559. The molecule has 0 bridgehead atoms. The smallest absolute Gasteiger partial charge is 0.253 e. The fourth-order valence-corrected chi connectivity index (χ4v) is 2.09. The minimum atomic E-state index is -0.0122. The minimum Gasteiger partial charge on any atom is -0.423 e. The topological polar surface area (TPSA) is 79.5 Å². The molecule has 19 heavy (non-hydrogen) atoms. The number of carbonyl (C=O) groups is 1. The van der Waals surface area contributed by atoms with Gasteiger partial charge in [-0.05, 0) is 24.3 Å². The SMILES string of the molecule is O=C(c1ccc(-c2nnco2)cc1)N1CC(CO)C1. The molecule has 6 heteroatoms. The van der Waals surface area contributed by atoms with Gasteiger partial charge in [0.15, 0.2) is 0 Å². The molecule has 2 aromatic rings. The van der Waals surface area contributed by atoms with Crippen molar-refractivity contribution >= 4 is 5.91 Å². The van der Waals surface area contributed by atoms with Gasteiger partial charge in [0.2, 0.25) is 12.3 Å². The molecular weight excluding hydrogens is 246 g/mol. The second kappa shape index (κ2) is 4.81. The van der Waals surface area contributed by atoms with Crippen molar-refractivity contribution in [1.82, 2.24) is 15.1 Å². The van der Waals surface area contributed by atoms with Gasteiger partial charge in [-0.3, -0.25) is 4.79 Å². The lowest BCUT2D eigenvalue weighted by atomic mass is 9.99. The van der Waals surface area contributed by atoms with Crippen LogP contribution in [0.2, 0.25) is 0 Å². The number of rotatable bonds is 3. The maximum absolute atomic E-state index is 12.1. The number of amides is 1. The molecular formula is C13H13N3O3. The number of aromatic nitrogens is 2. The van der Waals surface area contributed by atoms with E-state index >= 15 is 0 Å². The van der Waals surface area contributed by atoms with Gasteiger partial charge in [-0.15, -0.1) is 10.2 Å². The molecule has 1 amide bonds. The summed E-state index contributed by atoms with van der Waals surface area (Å²) in [5.41, 5.74) is 1.41. The third-order valence-electron chi connectivity index (χ3n) is 3.24. The monoisotopic (exact) mass is 259 g/mol. The van der Waals surface area contributed by atoms with Crippen LogP contribution in [0.5, 0.6) is 0 Å². The maximum Gasteiger partial charge on any atom is 0.253 e. The van der Waals surface area contributed by atoms with Gasteiger partial charge in [0.25, 0.3) is 5.91 Å². The fraction of sp³-hybridized carbons (Fsp3) is 0.308. The second-order valence-corrected chi connectivity index (χ2v) is 4.58. The molecule has 1 saturated heterocycles. The van der Waals surface area contributed by atoms with Crippen LogP contribution in [0.4, 0.5) is 0 Å². The first-order valence-electron chi connectivity index (χ1n) is 6.04. The number of hydrogen-bond donors (Lipinski definition) is 1. The van der Waals surface area contributed by atoms with Crippen molar-refractivity contribution in [3.05, 3.63) is 36.2 Å². The van der Waals surface area contributed by atoms with E-state index in [1.54, 1.807) is 29.2 Å². The number of likely N-dealkylation sites (tertiary alicyclic amines) is 1. The third kappa shape index (κ3) is 2.22. The average molecular weight is 259 g/mol. The van der Waals surface area contributed by atoms with Gasteiger partial charge in [0.1, 0.15) is 0 Å². The van der Waals surface area contributed by atoms with Crippen molar-refractivity contribution in [3.63, 3.8) is 0 Å². The Morgan fingerprint density at radius 2 is 2.11 bits per heavy atom. The number of aliphatic hydroxyl groups is 1. The Hall–Kier alpha value is -2.21. The molecule has 1 aromatic heterocycles. The molecule has 0 atom stereocenters. The van der Waals surface area contributed by atoms with E-state index in [1.807, 2.05) is 0 Å². The van der Waals surface area contributed by atoms with E-state index in [4.69, 9.17) is 9.52 Å². The molecule has 1 aliphatic rings. The highest BCUT2D eigenvalue weighted by Gasteiger charge is 2.30.